The van der Waals surface area contributed by atoms with Crippen LogP contribution in [0.15, 0.2) is 97.2 Å². The van der Waals surface area contributed by atoms with Crippen molar-refractivity contribution >= 4 is 29.0 Å². The Labute approximate surface area is 211 Å². The second kappa shape index (κ2) is 8.97. The molecule has 0 spiro atoms. The predicted octanol–water partition coefficient (Wildman–Crippen LogP) is 7.27. The monoisotopic (exact) mass is 473 g/mol. The van der Waals surface area contributed by atoms with Crippen molar-refractivity contribution in [1.82, 2.24) is 0 Å². The van der Waals surface area contributed by atoms with Crippen LogP contribution < -0.4 is 4.90 Å². The SMILES string of the molecule is CC(C)(C)c1ccc(N(C=Cc2ccccc2)c2ccc3c(c2O)C(=O)c2ccccc2C3=O)cc1. The Kier molecular flexibility index (Phi) is 5.81. The van der Waals surface area contributed by atoms with Gasteiger partial charge in [0.2, 0.25) is 0 Å². The van der Waals surface area contributed by atoms with Crippen LogP contribution >= 0.6 is 0 Å². The maximum Gasteiger partial charge on any atom is 0.198 e. The molecule has 1 aliphatic carbocycles. The van der Waals surface area contributed by atoms with Crippen molar-refractivity contribution in [3.8, 4) is 5.75 Å². The lowest BCUT2D eigenvalue weighted by Gasteiger charge is -2.26. The third-order valence-electron chi connectivity index (χ3n) is 6.53. The van der Waals surface area contributed by atoms with Gasteiger partial charge in [-0.2, -0.15) is 0 Å². The second-order valence-electron chi connectivity index (χ2n) is 9.95. The molecular formula is C32H27NO3. The molecule has 36 heavy (non-hydrogen) atoms. The zero-order chi connectivity index (χ0) is 25.4. The number of phenolic OH excluding ortho intramolecular Hbond substituents is 1. The molecular weight excluding hydrogens is 446 g/mol. The van der Waals surface area contributed by atoms with E-state index in [1.165, 1.54) is 5.56 Å². The van der Waals surface area contributed by atoms with Crippen molar-refractivity contribution in [3.05, 3.63) is 131 Å². The van der Waals surface area contributed by atoms with Gasteiger partial charge in [-0.15, -0.1) is 0 Å². The molecule has 4 heteroatoms. The molecule has 4 nitrogen and oxygen atoms in total. The smallest absolute Gasteiger partial charge is 0.198 e. The summed E-state index contributed by atoms with van der Waals surface area (Å²) in [5, 5.41) is 11.4. The van der Waals surface area contributed by atoms with Gasteiger partial charge in [-0.05, 0) is 46.9 Å². The zero-order valence-electron chi connectivity index (χ0n) is 20.5. The van der Waals surface area contributed by atoms with Gasteiger partial charge in [0.15, 0.2) is 17.3 Å². The molecule has 0 fully saturated rings. The fraction of sp³-hybridized carbons (Fsp3) is 0.125. The average molecular weight is 474 g/mol. The molecule has 4 aromatic carbocycles. The van der Waals surface area contributed by atoms with Gasteiger partial charge in [0.1, 0.15) is 0 Å². The Morgan fingerprint density at radius 1 is 0.694 bits per heavy atom. The van der Waals surface area contributed by atoms with E-state index in [-0.39, 0.29) is 33.9 Å². The minimum Gasteiger partial charge on any atom is -0.505 e. The van der Waals surface area contributed by atoms with Crippen molar-refractivity contribution in [2.24, 2.45) is 0 Å². The van der Waals surface area contributed by atoms with Crippen LogP contribution in [0.5, 0.6) is 5.75 Å². The van der Waals surface area contributed by atoms with E-state index in [1.54, 1.807) is 36.4 Å². The number of carbonyl (C=O) groups is 2. The third kappa shape index (κ3) is 4.11. The summed E-state index contributed by atoms with van der Waals surface area (Å²) < 4.78 is 0. The van der Waals surface area contributed by atoms with E-state index in [2.05, 4.69) is 32.9 Å². The van der Waals surface area contributed by atoms with Crippen molar-refractivity contribution in [1.29, 1.82) is 0 Å². The molecule has 1 aliphatic rings. The summed E-state index contributed by atoms with van der Waals surface area (Å²) in [7, 11) is 0. The van der Waals surface area contributed by atoms with Crippen LogP contribution in [0.4, 0.5) is 11.4 Å². The fourth-order valence-corrected chi connectivity index (χ4v) is 4.50. The molecule has 178 valence electrons. The van der Waals surface area contributed by atoms with Gasteiger partial charge in [-0.3, -0.25) is 9.59 Å². The summed E-state index contributed by atoms with van der Waals surface area (Å²) in [4.78, 5) is 28.3. The number of anilines is 2. The Morgan fingerprint density at radius 3 is 1.94 bits per heavy atom. The first-order valence-electron chi connectivity index (χ1n) is 11.9. The standard InChI is InChI=1S/C32H27NO3/c1-32(2,3)22-13-15-23(16-14-22)33(20-19-21-9-5-4-6-10-21)27-18-17-26-28(31(27)36)30(35)25-12-8-7-11-24(25)29(26)34/h4-20,36H,1-3H3. The molecule has 0 atom stereocenters. The highest BCUT2D eigenvalue weighted by Crippen LogP contribution is 2.42. The van der Waals surface area contributed by atoms with Crippen LogP contribution in [0, 0.1) is 0 Å². The van der Waals surface area contributed by atoms with E-state index in [1.807, 2.05) is 59.6 Å². The van der Waals surface area contributed by atoms with Gasteiger partial charge in [0, 0.05) is 28.6 Å². The molecule has 0 radical (unpaired) electrons. The van der Waals surface area contributed by atoms with E-state index in [0.717, 1.165) is 11.3 Å². The topological polar surface area (TPSA) is 57.6 Å². The number of rotatable bonds is 4. The van der Waals surface area contributed by atoms with Crippen LogP contribution in [0.25, 0.3) is 6.08 Å². The molecule has 0 bridgehead atoms. The summed E-state index contributed by atoms with van der Waals surface area (Å²) >= 11 is 0. The van der Waals surface area contributed by atoms with E-state index >= 15 is 0 Å². The van der Waals surface area contributed by atoms with Crippen LogP contribution in [-0.2, 0) is 5.41 Å². The summed E-state index contributed by atoms with van der Waals surface area (Å²) in [6, 6.07) is 28.0. The van der Waals surface area contributed by atoms with Crippen molar-refractivity contribution in [2.75, 3.05) is 4.90 Å². The fourth-order valence-electron chi connectivity index (χ4n) is 4.50. The van der Waals surface area contributed by atoms with Crippen molar-refractivity contribution in [3.63, 3.8) is 0 Å². The van der Waals surface area contributed by atoms with Gasteiger partial charge in [0.05, 0.1) is 11.3 Å². The molecule has 0 unspecified atom stereocenters. The number of hydrogen-bond acceptors (Lipinski definition) is 4. The first-order chi connectivity index (χ1) is 17.3. The third-order valence-corrected chi connectivity index (χ3v) is 6.53. The minimum absolute atomic E-state index is 0.00261. The summed E-state index contributed by atoms with van der Waals surface area (Å²) in [5.74, 6) is -0.824. The highest BCUT2D eigenvalue weighted by atomic mass is 16.3. The van der Waals surface area contributed by atoms with Gasteiger partial charge >= 0.3 is 0 Å². The Hall–Kier alpha value is -4.44. The quantitative estimate of drug-likeness (QED) is 0.298. The van der Waals surface area contributed by atoms with E-state index in [4.69, 9.17) is 0 Å². The van der Waals surface area contributed by atoms with Crippen LogP contribution in [0.3, 0.4) is 0 Å². The molecule has 0 saturated carbocycles. The van der Waals surface area contributed by atoms with E-state index in [9.17, 15) is 14.7 Å². The van der Waals surface area contributed by atoms with Crippen LogP contribution in [-0.4, -0.2) is 16.7 Å². The minimum atomic E-state index is -0.352. The first-order valence-corrected chi connectivity index (χ1v) is 11.9. The molecule has 0 saturated heterocycles. The summed E-state index contributed by atoms with van der Waals surface area (Å²) in [5.41, 5.74) is 4.35. The highest BCUT2D eigenvalue weighted by Gasteiger charge is 2.33. The maximum atomic E-state index is 13.4. The molecule has 0 amide bonds. The predicted molar refractivity (Wildman–Crippen MR) is 144 cm³/mol. The average Bonchev–Trinajstić information content (AvgIpc) is 2.88. The Morgan fingerprint density at radius 2 is 1.31 bits per heavy atom. The molecule has 0 aliphatic heterocycles. The van der Waals surface area contributed by atoms with Crippen molar-refractivity contribution in [2.45, 2.75) is 26.2 Å². The van der Waals surface area contributed by atoms with Crippen molar-refractivity contribution < 1.29 is 14.7 Å². The van der Waals surface area contributed by atoms with Gasteiger partial charge in [-0.1, -0.05) is 87.5 Å². The number of benzene rings is 4. The molecule has 4 aromatic rings. The number of phenols is 1. The number of nitrogens with zero attached hydrogens (tertiary/aromatic N) is 1. The first kappa shape index (κ1) is 23.3. The van der Waals surface area contributed by atoms with E-state index in [0.29, 0.717) is 16.8 Å². The number of ketones is 2. The van der Waals surface area contributed by atoms with Gasteiger partial charge in [0.25, 0.3) is 0 Å². The summed E-state index contributed by atoms with van der Waals surface area (Å²) in [6.45, 7) is 6.47. The second-order valence-corrected chi connectivity index (χ2v) is 9.95. The molecule has 1 N–H and O–H groups in total. The van der Waals surface area contributed by atoms with Crippen LogP contribution in [0.2, 0.25) is 0 Å². The van der Waals surface area contributed by atoms with Crippen LogP contribution in [0.1, 0.15) is 63.7 Å². The Bertz CT molecular complexity index is 1490. The Balaban J connectivity index is 1.64. The number of carbonyl (C=O) groups excluding carboxylic acids is 2. The number of aromatic hydroxyl groups is 1. The lowest BCUT2D eigenvalue weighted by Crippen LogP contribution is -2.22. The normalized spacial score (nSPS) is 13.0. The highest BCUT2D eigenvalue weighted by molar-refractivity contribution is 6.29. The molecule has 0 aromatic heterocycles. The number of fused-ring (bicyclic) bond motifs is 2. The largest absolute Gasteiger partial charge is 0.505 e. The number of hydrogen-bond donors (Lipinski definition) is 1. The van der Waals surface area contributed by atoms with E-state index < -0.39 is 0 Å². The molecule has 5 rings (SSSR count). The molecule has 0 heterocycles. The van der Waals surface area contributed by atoms with Gasteiger partial charge in [-0.25, -0.2) is 0 Å². The summed E-state index contributed by atoms with van der Waals surface area (Å²) in [6.07, 6.45) is 3.81. The lowest BCUT2D eigenvalue weighted by atomic mass is 9.83. The lowest BCUT2D eigenvalue weighted by molar-refractivity contribution is 0.0977. The zero-order valence-corrected chi connectivity index (χ0v) is 20.5. The van der Waals surface area contributed by atoms with Gasteiger partial charge < -0.3 is 10.0 Å². The maximum absolute atomic E-state index is 13.4.